The lowest BCUT2D eigenvalue weighted by Gasteiger charge is -2.16. The van der Waals surface area contributed by atoms with Crippen LogP contribution in [0.4, 0.5) is 5.69 Å². The van der Waals surface area contributed by atoms with Crippen molar-refractivity contribution in [2.45, 2.75) is 24.3 Å². The van der Waals surface area contributed by atoms with Crippen LogP contribution in [0.3, 0.4) is 0 Å². The lowest BCUT2D eigenvalue weighted by atomic mass is 10.1. The summed E-state index contributed by atoms with van der Waals surface area (Å²) in [7, 11) is -3.36. The summed E-state index contributed by atoms with van der Waals surface area (Å²) in [4.78, 5) is 25.9. The van der Waals surface area contributed by atoms with Gasteiger partial charge in [0.05, 0.1) is 4.90 Å². The third-order valence-corrected chi connectivity index (χ3v) is 5.41. The van der Waals surface area contributed by atoms with E-state index < -0.39 is 9.84 Å². The van der Waals surface area contributed by atoms with Crippen molar-refractivity contribution in [2.24, 2.45) is 0 Å². The molecule has 1 N–H and O–H groups in total. The second-order valence-corrected chi connectivity index (χ2v) is 8.31. The van der Waals surface area contributed by atoms with Crippen molar-refractivity contribution >= 4 is 27.3 Å². The third kappa shape index (κ3) is 4.11. The van der Waals surface area contributed by atoms with E-state index in [1.54, 1.807) is 17.0 Å². The van der Waals surface area contributed by atoms with Gasteiger partial charge in [0.2, 0.25) is 5.91 Å². The van der Waals surface area contributed by atoms with Gasteiger partial charge in [-0.25, -0.2) is 8.42 Å². The van der Waals surface area contributed by atoms with Crippen molar-refractivity contribution in [3.05, 3.63) is 59.7 Å². The Morgan fingerprint density at radius 2 is 1.88 bits per heavy atom. The van der Waals surface area contributed by atoms with Crippen LogP contribution in [0.25, 0.3) is 0 Å². The number of sulfone groups is 1. The summed E-state index contributed by atoms with van der Waals surface area (Å²) >= 11 is 0. The van der Waals surface area contributed by atoms with Gasteiger partial charge in [-0.15, -0.1) is 0 Å². The van der Waals surface area contributed by atoms with Gasteiger partial charge >= 0.3 is 0 Å². The van der Waals surface area contributed by atoms with Crippen LogP contribution in [0.15, 0.2) is 53.4 Å². The van der Waals surface area contributed by atoms with E-state index in [0.29, 0.717) is 18.5 Å². The van der Waals surface area contributed by atoms with Crippen molar-refractivity contribution in [2.75, 3.05) is 17.7 Å². The van der Waals surface area contributed by atoms with E-state index in [9.17, 15) is 18.0 Å². The molecule has 136 valence electrons. The van der Waals surface area contributed by atoms with E-state index in [0.717, 1.165) is 30.5 Å². The Labute approximate surface area is 152 Å². The minimum Gasteiger partial charge on any atom is -0.348 e. The minimum absolute atomic E-state index is 0.116. The maximum atomic E-state index is 12.3. The molecule has 0 aliphatic carbocycles. The Hall–Kier alpha value is -2.67. The molecule has 1 heterocycles. The third-order valence-electron chi connectivity index (χ3n) is 4.30. The maximum absolute atomic E-state index is 12.3. The molecule has 0 spiro atoms. The Morgan fingerprint density at radius 1 is 1.15 bits per heavy atom. The molecule has 1 aliphatic rings. The van der Waals surface area contributed by atoms with Crippen LogP contribution >= 0.6 is 0 Å². The zero-order valence-electron chi connectivity index (χ0n) is 14.4. The lowest BCUT2D eigenvalue weighted by Crippen LogP contribution is -2.24. The molecule has 1 fully saturated rings. The van der Waals surface area contributed by atoms with Gasteiger partial charge in [-0.2, -0.15) is 0 Å². The first kappa shape index (κ1) is 18.1. The van der Waals surface area contributed by atoms with E-state index in [2.05, 4.69) is 5.32 Å². The van der Waals surface area contributed by atoms with Crippen molar-refractivity contribution in [1.82, 2.24) is 5.32 Å². The van der Waals surface area contributed by atoms with Gasteiger partial charge in [0.25, 0.3) is 5.91 Å². The smallest absolute Gasteiger partial charge is 0.251 e. The maximum Gasteiger partial charge on any atom is 0.251 e. The van der Waals surface area contributed by atoms with Crippen molar-refractivity contribution in [3.63, 3.8) is 0 Å². The molecular formula is C19H20N2O4S. The summed E-state index contributed by atoms with van der Waals surface area (Å²) in [6, 6.07) is 13.4. The summed E-state index contributed by atoms with van der Waals surface area (Å²) in [6.45, 7) is 1.06. The van der Waals surface area contributed by atoms with E-state index >= 15 is 0 Å². The molecule has 3 rings (SSSR count). The van der Waals surface area contributed by atoms with Crippen LogP contribution in [0, 0.1) is 0 Å². The zero-order valence-corrected chi connectivity index (χ0v) is 15.3. The molecule has 1 aliphatic heterocycles. The standard InChI is InChI=1S/C19H20N2O4S/c1-26(24,25)17-5-2-4-15(12-17)19(23)20-13-14-7-9-16(10-8-14)21-11-3-6-18(21)22/h2,4-5,7-10,12H,3,6,11,13H2,1H3,(H,20,23). The molecule has 0 unspecified atom stereocenters. The quantitative estimate of drug-likeness (QED) is 0.872. The van der Waals surface area contributed by atoms with E-state index in [1.807, 2.05) is 24.3 Å². The van der Waals surface area contributed by atoms with Gasteiger partial charge < -0.3 is 10.2 Å². The SMILES string of the molecule is CS(=O)(=O)c1cccc(C(=O)NCc2ccc(N3CCCC3=O)cc2)c1. The number of rotatable bonds is 5. The largest absolute Gasteiger partial charge is 0.348 e. The topological polar surface area (TPSA) is 83.6 Å². The van der Waals surface area contributed by atoms with E-state index in [-0.39, 0.29) is 16.7 Å². The Morgan fingerprint density at radius 3 is 2.50 bits per heavy atom. The molecular weight excluding hydrogens is 352 g/mol. The van der Waals surface area contributed by atoms with Crippen LogP contribution in [0.5, 0.6) is 0 Å². The fourth-order valence-corrected chi connectivity index (χ4v) is 3.53. The fraction of sp³-hybridized carbons (Fsp3) is 0.263. The van der Waals surface area contributed by atoms with E-state index in [1.165, 1.54) is 12.1 Å². The van der Waals surface area contributed by atoms with Crippen molar-refractivity contribution in [3.8, 4) is 0 Å². The van der Waals surface area contributed by atoms with Crippen LogP contribution in [-0.4, -0.2) is 33.0 Å². The molecule has 7 heteroatoms. The second-order valence-electron chi connectivity index (χ2n) is 6.30. The number of hydrogen-bond acceptors (Lipinski definition) is 4. The number of amides is 2. The monoisotopic (exact) mass is 372 g/mol. The van der Waals surface area contributed by atoms with Gasteiger partial charge in [0, 0.05) is 37.0 Å². The number of nitrogens with zero attached hydrogens (tertiary/aromatic N) is 1. The first-order chi connectivity index (χ1) is 12.3. The summed E-state index contributed by atoms with van der Waals surface area (Å²) in [5, 5.41) is 2.78. The number of benzene rings is 2. The molecule has 6 nitrogen and oxygen atoms in total. The highest BCUT2D eigenvalue weighted by molar-refractivity contribution is 7.90. The Balaban J connectivity index is 1.64. The molecule has 0 atom stereocenters. The second kappa shape index (κ2) is 7.29. The minimum atomic E-state index is -3.36. The predicted octanol–water partition coefficient (Wildman–Crippen LogP) is 2.15. The van der Waals surface area contributed by atoms with Gasteiger partial charge in [-0.1, -0.05) is 18.2 Å². The number of hydrogen-bond donors (Lipinski definition) is 1. The highest BCUT2D eigenvalue weighted by Crippen LogP contribution is 2.21. The highest BCUT2D eigenvalue weighted by Gasteiger charge is 2.21. The summed E-state index contributed by atoms with van der Waals surface area (Å²) < 4.78 is 23.2. The number of carbonyl (C=O) groups excluding carboxylic acids is 2. The van der Waals surface area contributed by atoms with Gasteiger partial charge in [-0.05, 0) is 42.3 Å². The zero-order chi connectivity index (χ0) is 18.7. The van der Waals surface area contributed by atoms with Crippen LogP contribution in [0.1, 0.15) is 28.8 Å². The molecule has 0 aromatic heterocycles. The number of carbonyl (C=O) groups is 2. The Kier molecular flexibility index (Phi) is 5.08. The van der Waals surface area contributed by atoms with E-state index in [4.69, 9.17) is 0 Å². The van der Waals surface area contributed by atoms with Crippen LogP contribution < -0.4 is 10.2 Å². The molecule has 0 bridgehead atoms. The number of nitrogens with one attached hydrogen (secondary N) is 1. The Bertz CT molecular complexity index is 936. The fourth-order valence-electron chi connectivity index (χ4n) is 2.87. The normalized spacial score (nSPS) is 14.5. The molecule has 0 radical (unpaired) electrons. The lowest BCUT2D eigenvalue weighted by molar-refractivity contribution is -0.117. The predicted molar refractivity (Wildman–Crippen MR) is 98.8 cm³/mol. The van der Waals surface area contributed by atoms with Crippen LogP contribution in [-0.2, 0) is 21.2 Å². The highest BCUT2D eigenvalue weighted by atomic mass is 32.2. The summed E-state index contributed by atoms with van der Waals surface area (Å²) in [5.74, 6) is -0.203. The molecule has 2 aromatic rings. The van der Waals surface area contributed by atoms with Crippen molar-refractivity contribution in [1.29, 1.82) is 0 Å². The molecule has 1 saturated heterocycles. The molecule has 2 amide bonds. The van der Waals surface area contributed by atoms with Crippen molar-refractivity contribution < 1.29 is 18.0 Å². The van der Waals surface area contributed by atoms with Gasteiger partial charge in [0.1, 0.15) is 0 Å². The summed E-state index contributed by atoms with van der Waals surface area (Å²) in [5.41, 5.74) is 2.06. The summed E-state index contributed by atoms with van der Waals surface area (Å²) in [6.07, 6.45) is 2.57. The van der Waals surface area contributed by atoms with Crippen LogP contribution in [0.2, 0.25) is 0 Å². The first-order valence-electron chi connectivity index (χ1n) is 8.32. The average molecular weight is 372 g/mol. The van der Waals surface area contributed by atoms with Gasteiger partial charge in [0.15, 0.2) is 9.84 Å². The molecule has 0 saturated carbocycles. The first-order valence-corrected chi connectivity index (χ1v) is 10.2. The average Bonchev–Trinajstić information content (AvgIpc) is 3.05. The number of anilines is 1. The van der Waals surface area contributed by atoms with Gasteiger partial charge in [-0.3, -0.25) is 9.59 Å². The molecule has 2 aromatic carbocycles. The molecule has 26 heavy (non-hydrogen) atoms.